The molecule has 2 N–H and O–H groups in total. The largest absolute Gasteiger partial charge is 0.337 e. The minimum absolute atomic E-state index is 0. The van der Waals surface area contributed by atoms with E-state index in [1.54, 1.807) is 12.3 Å². The van der Waals surface area contributed by atoms with E-state index in [1.807, 2.05) is 17.0 Å². The van der Waals surface area contributed by atoms with E-state index < -0.39 is 0 Å². The van der Waals surface area contributed by atoms with Crippen LogP contribution in [0.5, 0.6) is 0 Å². The van der Waals surface area contributed by atoms with Crippen LogP contribution in [0.25, 0.3) is 0 Å². The molecular weight excluding hydrogens is 273 g/mol. The van der Waals surface area contributed by atoms with Crippen molar-refractivity contribution in [3.63, 3.8) is 0 Å². The third-order valence-electron chi connectivity index (χ3n) is 3.12. The molecule has 0 radical (unpaired) electrons. The van der Waals surface area contributed by atoms with Gasteiger partial charge in [0, 0.05) is 19.3 Å². The van der Waals surface area contributed by atoms with Crippen LogP contribution >= 0.6 is 24.8 Å². The molecule has 2 rings (SSSR count). The molecule has 0 bridgehead atoms. The molecule has 102 valence electrons. The fourth-order valence-corrected chi connectivity index (χ4v) is 2.02. The van der Waals surface area contributed by atoms with E-state index in [2.05, 4.69) is 4.98 Å². The van der Waals surface area contributed by atoms with Gasteiger partial charge in [0.05, 0.1) is 0 Å². The van der Waals surface area contributed by atoms with Crippen LogP contribution in [0.3, 0.4) is 0 Å². The minimum atomic E-state index is 0. The highest BCUT2D eigenvalue weighted by Gasteiger charge is 2.23. The summed E-state index contributed by atoms with van der Waals surface area (Å²) in [5, 5.41) is 0. The molecule has 1 aliphatic rings. The van der Waals surface area contributed by atoms with Crippen LogP contribution in [0.2, 0.25) is 0 Å². The Labute approximate surface area is 120 Å². The second-order valence-electron chi connectivity index (χ2n) is 4.19. The summed E-state index contributed by atoms with van der Waals surface area (Å²) in [6, 6.07) is 5.42. The topological polar surface area (TPSA) is 59.2 Å². The van der Waals surface area contributed by atoms with Crippen molar-refractivity contribution in [1.29, 1.82) is 0 Å². The molecule has 1 aromatic rings. The molecule has 0 aliphatic carbocycles. The Bertz CT molecular complexity index is 354. The van der Waals surface area contributed by atoms with Gasteiger partial charge in [-0.05, 0) is 37.4 Å². The zero-order valence-corrected chi connectivity index (χ0v) is 11.8. The summed E-state index contributed by atoms with van der Waals surface area (Å²) in [5.74, 6) is 0.615. The van der Waals surface area contributed by atoms with Gasteiger partial charge >= 0.3 is 0 Å². The predicted octanol–water partition coefficient (Wildman–Crippen LogP) is 1.74. The van der Waals surface area contributed by atoms with Gasteiger partial charge in [-0.2, -0.15) is 0 Å². The van der Waals surface area contributed by atoms with Crippen LogP contribution in [0.1, 0.15) is 23.3 Å². The van der Waals surface area contributed by atoms with Crippen molar-refractivity contribution < 1.29 is 4.79 Å². The minimum Gasteiger partial charge on any atom is -0.337 e. The van der Waals surface area contributed by atoms with Crippen LogP contribution in [0, 0.1) is 5.92 Å². The fraction of sp³-hybridized carbons (Fsp3) is 0.500. The van der Waals surface area contributed by atoms with Gasteiger partial charge in [-0.25, -0.2) is 0 Å². The van der Waals surface area contributed by atoms with Crippen molar-refractivity contribution in [1.82, 2.24) is 9.88 Å². The summed E-state index contributed by atoms with van der Waals surface area (Å²) in [4.78, 5) is 18.0. The van der Waals surface area contributed by atoms with Crippen LogP contribution in [-0.2, 0) is 0 Å². The van der Waals surface area contributed by atoms with E-state index in [0.29, 0.717) is 11.6 Å². The van der Waals surface area contributed by atoms with E-state index in [-0.39, 0.29) is 30.7 Å². The number of carbonyl (C=O) groups is 1. The Morgan fingerprint density at radius 3 is 2.50 bits per heavy atom. The first-order valence-corrected chi connectivity index (χ1v) is 5.71. The zero-order chi connectivity index (χ0) is 11.4. The van der Waals surface area contributed by atoms with Crippen LogP contribution in [0.15, 0.2) is 24.4 Å². The molecular formula is C12H19Cl2N3O. The van der Waals surface area contributed by atoms with Crippen molar-refractivity contribution >= 4 is 30.7 Å². The van der Waals surface area contributed by atoms with Gasteiger partial charge in [0.1, 0.15) is 5.69 Å². The van der Waals surface area contributed by atoms with Gasteiger partial charge in [-0.1, -0.05) is 6.07 Å². The highest BCUT2D eigenvalue weighted by molar-refractivity contribution is 5.92. The molecule has 0 aromatic carbocycles. The first kappa shape index (κ1) is 17.2. The maximum Gasteiger partial charge on any atom is 0.272 e. The van der Waals surface area contributed by atoms with Gasteiger partial charge in [-0.15, -0.1) is 24.8 Å². The van der Waals surface area contributed by atoms with Gasteiger partial charge < -0.3 is 10.6 Å². The van der Waals surface area contributed by atoms with Gasteiger partial charge in [0.15, 0.2) is 0 Å². The van der Waals surface area contributed by atoms with Crippen LogP contribution < -0.4 is 5.73 Å². The molecule has 1 amide bonds. The number of pyridine rings is 1. The molecule has 18 heavy (non-hydrogen) atoms. The molecule has 0 atom stereocenters. The molecule has 4 nitrogen and oxygen atoms in total. The van der Waals surface area contributed by atoms with E-state index in [4.69, 9.17) is 5.73 Å². The molecule has 1 saturated heterocycles. The average Bonchev–Trinajstić information content (AvgIpc) is 2.39. The second kappa shape index (κ2) is 8.29. The van der Waals surface area contributed by atoms with Gasteiger partial charge in [0.2, 0.25) is 0 Å². The maximum atomic E-state index is 12.0. The Morgan fingerprint density at radius 1 is 1.33 bits per heavy atom. The first-order valence-electron chi connectivity index (χ1n) is 5.71. The number of piperidine rings is 1. The molecule has 6 heteroatoms. The second-order valence-corrected chi connectivity index (χ2v) is 4.19. The summed E-state index contributed by atoms with van der Waals surface area (Å²) in [7, 11) is 0. The lowest BCUT2D eigenvalue weighted by molar-refractivity contribution is 0.0687. The average molecular weight is 292 g/mol. The van der Waals surface area contributed by atoms with E-state index in [9.17, 15) is 4.79 Å². The maximum absolute atomic E-state index is 12.0. The number of likely N-dealkylation sites (tertiary alicyclic amines) is 1. The monoisotopic (exact) mass is 291 g/mol. The Kier molecular flexibility index (Phi) is 7.91. The number of carbonyl (C=O) groups excluding carboxylic acids is 1. The molecule has 0 unspecified atom stereocenters. The highest BCUT2D eigenvalue weighted by atomic mass is 35.5. The number of rotatable bonds is 2. The molecule has 1 fully saturated rings. The van der Waals surface area contributed by atoms with E-state index in [0.717, 1.165) is 32.5 Å². The number of nitrogens with two attached hydrogens (primary N) is 1. The third kappa shape index (κ3) is 4.12. The fourth-order valence-electron chi connectivity index (χ4n) is 2.02. The smallest absolute Gasteiger partial charge is 0.272 e. The molecule has 0 saturated carbocycles. The number of amides is 1. The van der Waals surface area contributed by atoms with Crippen molar-refractivity contribution in [3.8, 4) is 0 Å². The van der Waals surface area contributed by atoms with E-state index >= 15 is 0 Å². The van der Waals surface area contributed by atoms with Crippen LogP contribution in [-0.4, -0.2) is 35.4 Å². The van der Waals surface area contributed by atoms with Crippen molar-refractivity contribution in [2.45, 2.75) is 12.8 Å². The first-order chi connectivity index (χ1) is 7.81. The predicted molar refractivity (Wildman–Crippen MR) is 76.4 cm³/mol. The molecule has 2 heterocycles. The number of nitrogens with zero attached hydrogens (tertiary/aromatic N) is 2. The summed E-state index contributed by atoms with van der Waals surface area (Å²) in [6.07, 6.45) is 3.67. The lowest BCUT2D eigenvalue weighted by Crippen LogP contribution is -2.40. The Morgan fingerprint density at radius 2 is 2.00 bits per heavy atom. The molecule has 1 aromatic heterocycles. The lowest BCUT2D eigenvalue weighted by atomic mass is 9.97. The SMILES string of the molecule is Cl.Cl.NCC1CCN(C(=O)c2ccccn2)CC1. The van der Waals surface area contributed by atoms with Crippen molar-refractivity contribution in [2.75, 3.05) is 19.6 Å². The van der Waals surface area contributed by atoms with Crippen molar-refractivity contribution in [2.24, 2.45) is 11.7 Å². The molecule has 0 spiro atoms. The number of hydrogen-bond acceptors (Lipinski definition) is 3. The summed E-state index contributed by atoms with van der Waals surface area (Å²) in [6.45, 7) is 2.33. The summed E-state index contributed by atoms with van der Waals surface area (Å²) < 4.78 is 0. The zero-order valence-electron chi connectivity index (χ0n) is 10.1. The number of hydrogen-bond donors (Lipinski definition) is 1. The van der Waals surface area contributed by atoms with Gasteiger partial charge in [0.25, 0.3) is 5.91 Å². The molecule has 1 aliphatic heterocycles. The third-order valence-corrected chi connectivity index (χ3v) is 3.12. The summed E-state index contributed by atoms with van der Waals surface area (Å²) in [5.41, 5.74) is 6.16. The van der Waals surface area contributed by atoms with Crippen LogP contribution in [0.4, 0.5) is 0 Å². The lowest BCUT2D eigenvalue weighted by Gasteiger charge is -2.31. The van der Waals surface area contributed by atoms with Gasteiger partial charge in [-0.3, -0.25) is 9.78 Å². The van der Waals surface area contributed by atoms with E-state index in [1.165, 1.54) is 0 Å². The van der Waals surface area contributed by atoms with Crippen molar-refractivity contribution in [3.05, 3.63) is 30.1 Å². The number of aromatic nitrogens is 1. The Balaban J connectivity index is 0.00000144. The number of halogens is 2. The Hall–Kier alpha value is -0.840. The quantitative estimate of drug-likeness (QED) is 0.903. The summed E-state index contributed by atoms with van der Waals surface area (Å²) >= 11 is 0. The standard InChI is InChI=1S/C12H17N3O.2ClH/c13-9-10-4-7-15(8-5-10)12(16)11-3-1-2-6-14-11;;/h1-3,6,10H,4-5,7-9,13H2;2*1H. The highest BCUT2D eigenvalue weighted by Crippen LogP contribution is 2.17. The normalized spacial score (nSPS) is 15.5.